The predicted molar refractivity (Wildman–Crippen MR) is 80.4 cm³/mol. The SMILES string of the molecule is CCC(NC(=O)c1sc2cccnc2c1N)C(C)C. The van der Waals surface area contributed by atoms with Crippen LogP contribution in [0.5, 0.6) is 0 Å². The van der Waals surface area contributed by atoms with Gasteiger partial charge in [-0.15, -0.1) is 11.3 Å². The summed E-state index contributed by atoms with van der Waals surface area (Å²) in [6, 6.07) is 3.95. The molecule has 102 valence electrons. The number of fused-ring (bicyclic) bond motifs is 1. The van der Waals surface area contributed by atoms with Crippen LogP contribution in [-0.2, 0) is 0 Å². The Bertz CT molecular complexity index is 591. The van der Waals surface area contributed by atoms with Crippen molar-refractivity contribution in [2.75, 3.05) is 5.73 Å². The van der Waals surface area contributed by atoms with Gasteiger partial charge in [-0.25, -0.2) is 0 Å². The Balaban J connectivity index is 2.29. The van der Waals surface area contributed by atoms with Crippen molar-refractivity contribution in [3.63, 3.8) is 0 Å². The zero-order valence-corrected chi connectivity index (χ0v) is 12.3. The number of pyridine rings is 1. The van der Waals surface area contributed by atoms with Crippen molar-refractivity contribution in [2.45, 2.75) is 33.2 Å². The van der Waals surface area contributed by atoms with E-state index < -0.39 is 0 Å². The Labute approximate surface area is 117 Å². The molecule has 0 aliphatic heterocycles. The summed E-state index contributed by atoms with van der Waals surface area (Å²) in [5.74, 6) is 0.309. The fourth-order valence-corrected chi connectivity index (χ4v) is 3.07. The molecule has 0 aromatic carbocycles. The van der Waals surface area contributed by atoms with Gasteiger partial charge >= 0.3 is 0 Å². The van der Waals surface area contributed by atoms with Crippen molar-refractivity contribution in [1.82, 2.24) is 10.3 Å². The van der Waals surface area contributed by atoms with E-state index in [2.05, 4.69) is 31.1 Å². The summed E-state index contributed by atoms with van der Waals surface area (Å²) in [7, 11) is 0. The highest BCUT2D eigenvalue weighted by molar-refractivity contribution is 7.21. The number of carbonyl (C=O) groups is 1. The van der Waals surface area contributed by atoms with E-state index >= 15 is 0 Å². The lowest BCUT2D eigenvalue weighted by Crippen LogP contribution is -2.37. The van der Waals surface area contributed by atoms with Crippen LogP contribution in [0.1, 0.15) is 36.9 Å². The quantitative estimate of drug-likeness (QED) is 0.902. The number of nitrogen functional groups attached to an aromatic ring is 1. The normalized spacial score (nSPS) is 12.8. The third kappa shape index (κ3) is 2.71. The van der Waals surface area contributed by atoms with E-state index in [0.717, 1.165) is 16.6 Å². The Hall–Kier alpha value is -1.62. The lowest BCUT2D eigenvalue weighted by atomic mass is 10.0. The van der Waals surface area contributed by atoms with Crippen LogP contribution in [0.4, 0.5) is 5.69 Å². The second-order valence-corrected chi connectivity index (χ2v) is 5.98. The minimum absolute atomic E-state index is 0.0963. The summed E-state index contributed by atoms with van der Waals surface area (Å²) in [5.41, 5.74) is 7.22. The van der Waals surface area contributed by atoms with Crippen LogP contribution in [-0.4, -0.2) is 16.9 Å². The summed E-state index contributed by atoms with van der Waals surface area (Å²) in [5, 5.41) is 3.05. The van der Waals surface area contributed by atoms with Gasteiger partial charge in [-0.2, -0.15) is 0 Å². The molecule has 0 saturated heterocycles. The molecule has 4 nitrogen and oxygen atoms in total. The van der Waals surface area contributed by atoms with Gasteiger partial charge < -0.3 is 11.1 Å². The van der Waals surface area contributed by atoms with Gasteiger partial charge in [0, 0.05) is 12.2 Å². The number of hydrogen-bond donors (Lipinski definition) is 2. The van der Waals surface area contributed by atoms with Crippen LogP contribution in [0.25, 0.3) is 10.2 Å². The van der Waals surface area contributed by atoms with Crippen molar-refractivity contribution in [3.05, 3.63) is 23.2 Å². The van der Waals surface area contributed by atoms with Crippen molar-refractivity contribution in [2.24, 2.45) is 5.92 Å². The highest BCUT2D eigenvalue weighted by Gasteiger charge is 2.20. The first-order valence-electron chi connectivity index (χ1n) is 6.48. The highest BCUT2D eigenvalue weighted by Crippen LogP contribution is 2.31. The highest BCUT2D eigenvalue weighted by atomic mass is 32.1. The van der Waals surface area contributed by atoms with Gasteiger partial charge in [0.1, 0.15) is 10.4 Å². The summed E-state index contributed by atoms with van der Waals surface area (Å²) in [6.07, 6.45) is 2.60. The fourth-order valence-electron chi connectivity index (χ4n) is 2.09. The Morgan fingerprint density at radius 2 is 2.26 bits per heavy atom. The molecule has 3 N–H and O–H groups in total. The molecule has 19 heavy (non-hydrogen) atoms. The Kier molecular flexibility index (Phi) is 4.04. The van der Waals surface area contributed by atoms with Gasteiger partial charge in [0.2, 0.25) is 0 Å². The van der Waals surface area contributed by atoms with E-state index in [-0.39, 0.29) is 11.9 Å². The monoisotopic (exact) mass is 277 g/mol. The zero-order valence-electron chi connectivity index (χ0n) is 11.4. The first-order chi connectivity index (χ1) is 9.04. The van der Waals surface area contributed by atoms with E-state index in [1.54, 1.807) is 6.20 Å². The molecule has 0 radical (unpaired) electrons. The van der Waals surface area contributed by atoms with E-state index in [9.17, 15) is 4.79 Å². The molecular formula is C14H19N3OS. The first-order valence-corrected chi connectivity index (χ1v) is 7.30. The minimum Gasteiger partial charge on any atom is -0.396 e. The summed E-state index contributed by atoms with van der Waals surface area (Å²) < 4.78 is 0.947. The molecule has 0 spiro atoms. The molecule has 0 fully saturated rings. The van der Waals surface area contributed by atoms with Crippen LogP contribution < -0.4 is 11.1 Å². The Morgan fingerprint density at radius 1 is 1.53 bits per heavy atom. The van der Waals surface area contributed by atoms with Crippen LogP contribution >= 0.6 is 11.3 Å². The maximum atomic E-state index is 12.3. The van der Waals surface area contributed by atoms with Crippen molar-refractivity contribution < 1.29 is 4.79 Å². The number of carbonyl (C=O) groups excluding carboxylic acids is 1. The number of anilines is 1. The third-order valence-corrected chi connectivity index (χ3v) is 4.41. The molecule has 2 heterocycles. The molecule has 2 aromatic heterocycles. The number of nitrogens with one attached hydrogen (secondary N) is 1. The van der Waals surface area contributed by atoms with Crippen molar-refractivity contribution in [1.29, 1.82) is 0 Å². The van der Waals surface area contributed by atoms with Crippen LogP contribution in [0.3, 0.4) is 0 Å². The van der Waals surface area contributed by atoms with E-state index in [1.807, 2.05) is 12.1 Å². The van der Waals surface area contributed by atoms with Gasteiger partial charge in [0.05, 0.1) is 10.4 Å². The van der Waals surface area contributed by atoms with Crippen molar-refractivity contribution in [3.8, 4) is 0 Å². The average molecular weight is 277 g/mol. The van der Waals surface area contributed by atoms with Crippen LogP contribution in [0.15, 0.2) is 18.3 Å². The van der Waals surface area contributed by atoms with Gasteiger partial charge in [0.15, 0.2) is 0 Å². The smallest absolute Gasteiger partial charge is 0.263 e. The first kappa shape index (κ1) is 13.8. The fraction of sp³-hybridized carbons (Fsp3) is 0.429. The number of nitrogens with two attached hydrogens (primary N) is 1. The molecule has 1 amide bonds. The molecule has 0 aliphatic carbocycles. The molecule has 2 aromatic rings. The third-order valence-electron chi connectivity index (χ3n) is 3.25. The average Bonchev–Trinajstić information content (AvgIpc) is 2.73. The van der Waals surface area contributed by atoms with E-state index in [4.69, 9.17) is 5.73 Å². The van der Waals surface area contributed by atoms with Gasteiger partial charge in [0.25, 0.3) is 5.91 Å². The van der Waals surface area contributed by atoms with Gasteiger partial charge in [-0.05, 0) is 24.5 Å². The lowest BCUT2D eigenvalue weighted by Gasteiger charge is -2.20. The second-order valence-electron chi connectivity index (χ2n) is 4.93. The standard InChI is InChI=1S/C14H19N3OS/c1-4-9(8(2)3)17-14(18)13-11(15)12-10(19-13)6-5-7-16-12/h5-9H,4,15H2,1-3H3,(H,17,18). The van der Waals surface area contributed by atoms with Crippen LogP contribution in [0.2, 0.25) is 0 Å². The molecule has 1 unspecified atom stereocenters. The topological polar surface area (TPSA) is 68.0 Å². The number of nitrogens with zero attached hydrogens (tertiary/aromatic N) is 1. The van der Waals surface area contributed by atoms with Gasteiger partial charge in [-0.1, -0.05) is 20.8 Å². The zero-order chi connectivity index (χ0) is 14.0. The number of hydrogen-bond acceptors (Lipinski definition) is 4. The summed E-state index contributed by atoms with van der Waals surface area (Å²) >= 11 is 1.40. The van der Waals surface area contributed by atoms with Crippen LogP contribution in [0, 0.1) is 5.92 Å². The Morgan fingerprint density at radius 3 is 2.84 bits per heavy atom. The van der Waals surface area contributed by atoms with Crippen molar-refractivity contribution >= 4 is 33.1 Å². The maximum Gasteiger partial charge on any atom is 0.263 e. The molecule has 0 saturated carbocycles. The second kappa shape index (κ2) is 5.57. The molecule has 0 bridgehead atoms. The largest absolute Gasteiger partial charge is 0.396 e. The predicted octanol–water partition coefficient (Wildman–Crippen LogP) is 3.04. The number of rotatable bonds is 4. The molecule has 1 atom stereocenters. The molecule has 2 rings (SSSR count). The van der Waals surface area contributed by atoms with E-state index in [1.165, 1.54) is 11.3 Å². The molecule has 5 heteroatoms. The number of thiophene rings is 1. The summed E-state index contributed by atoms with van der Waals surface area (Å²) in [6.45, 7) is 6.27. The molecular weight excluding hydrogens is 258 g/mol. The molecule has 0 aliphatic rings. The number of amides is 1. The number of aromatic nitrogens is 1. The maximum absolute atomic E-state index is 12.3. The minimum atomic E-state index is -0.0963. The van der Waals surface area contributed by atoms with E-state index in [0.29, 0.717) is 16.5 Å². The lowest BCUT2D eigenvalue weighted by molar-refractivity contribution is 0.0929. The van der Waals surface area contributed by atoms with Gasteiger partial charge in [-0.3, -0.25) is 9.78 Å². The summed E-state index contributed by atoms with van der Waals surface area (Å²) in [4.78, 5) is 17.1.